The Balaban J connectivity index is 1.66. The van der Waals surface area contributed by atoms with Crippen molar-refractivity contribution in [2.45, 2.75) is 13.8 Å². The van der Waals surface area contributed by atoms with Gasteiger partial charge in [0.25, 0.3) is 0 Å². The van der Waals surface area contributed by atoms with E-state index in [1.165, 1.54) is 6.92 Å². The lowest BCUT2D eigenvalue weighted by atomic mass is 10.1. The molecule has 0 aliphatic carbocycles. The Morgan fingerprint density at radius 3 is 2.42 bits per heavy atom. The van der Waals surface area contributed by atoms with E-state index in [9.17, 15) is 4.79 Å². The smallest absolute Gasteiger partial charge is 0.163 e. The van der Waals surface area contributed by atoms with Crippen LogP contribution in [-0.2, 0) is 0 Å². The molecule has 122 valence electrons. The van der Waals surface area contributed by atoms with Crippen LogP contribution in [0.5, 0.6) is 11.5 Å². The van der Waals surface area contributed by atoms with Crippen LogP contribution in [0.2, 0.25) is 0 Å². The van der Waals surface area contributed by atoms with Gasteiger partial charge < -0.3 is 9.47 Å². The number of benzene rings is 2. The number of carbonyl (C=O) groups excluding carboxylic acids is 1. The van der Waals surface area contributed by atoms with Crippen LogP contribution in [0.3, 0.4) is 0 Å². The minimum Gasteiger partial charge on any atom is -0.489 e. The minimum atomic E-state index is -0.0137. The molecule has 0 radical (unpaired) electrons. The summed E-state index contributed by atoms with van der Waals surface area (Å²) in [4.78, 5) is 16.1. The summed E-state index contributed by atoms with van der Waals surface area (Å²) in [5.41, 5.74) is 2.38. The third kappa shape index (κ3) is 3.54. The first kappa shape index (κ1) is 16.0. The van der Waals surface area contributed by atoms with Crippen molar-refractivity contribution in [3.05, 3.63) is 65.9 Å². The van der Waals surface area contributed by atoms with Crippen molar-refractivity contribution in [3.63, 3.8) is 0 Å². The Hall–Kier alpha value is -2.88. The van der Waals surface area contributed by atoms with Crippen LogP contribution in [0.15, 0.2) is 54.6 Å². The number of para-hydroxylation sites is 2. The van der Waals surface area contributed by atoms with Crippen LogP contribution in [0.4, 0.5) is 0 Å². The molecule has 0 bridgehead atoms. The predicted octanol–water partition coefficient (Wildman–Crippen LogP) is 4.20. The first-order valence-corrected chi connectivity index (χ1v) is 7.87. The molecule has 4 heteroatoms. The SMILES string of the molecule is CC(=O)c1ccccc1OCCOc1cccc2ccc(C)nc12. The number of hydrogen-bond acceptors (Lipinski definition) is 4. The highest BCUT2D eigenvalue weighted by molar-refractivity contribution is 5.96. The number of nitrogens with zero attached hydrogens (tertiary/aromatic N) is 1. The van der Waals surface area contributed by atoms with Crippen molar-refractivity contribution >= 4 is 16.7 Å². The molecule has 3 aromatic rings. The van der Waals surface area contributed by atoms with E-state index in [-0.39, 0.29) is 5.78 Å². The third-order valence-electron chi connectivity index (χ3n) is 3.69. The molecule has 0 fully saturated rings. The Bertz CT molecular complexity index is 874. The lowest BCUT2D eigenvalue weighted by Crippen LogP contribution is -2.11. The normalized spacial score (nSPS) is 10.6. The number of hydrogen-bond donors (Lipinski definition) is 0. The molecule has 0 saturated carbocycles. The maximum Gasteiger partial charge on any atom is 0.163 e. The summed E-state index contributed by atoms with van der Waals surface area (Å²) in [6.07, 6.45) is 0. The number of Topliss-reactive ketones (excluding diaryl/α,β-unsaturated/α-hetero) is 1. The summed E-state index contributed by atoms with van der Waals surface area (Å²) in [6, 6.07) is 17.1. The van der Waals surface area contributed by atoms with Gasteiger partial charge in [0, 0.05) is 11.1 Å². The predicted molar refractivity (Wildman–Crippen MR) is 93.9 cm³/mol. The van der Waals surface area contributed by atoms with E-state index in [4.69, 9.17) is 9.47 Å². The Kier molecular flexibility index (Phi) is 4.75. The molecule has 0 aliphatic heterocycles. The van der Waals surface area contributed by atoms with Gasteiger partial charge in [0.1, 0.15) is 30.2 Å². The molecule has 0 unspecified atom stereocenters. The van der Waals surface area contributed by atoms with Gasteiger partial charge in [-0.1, -0.05) is 30.3 Å². The van der Waals surface area contributed by atoms with Gasteiger partial charge in [-0.2, -0.15) is 0 Å². The molecule has 0 N–H and O–H groups in total. The third-order valence-corrected chi connectivity index (χ3v) is 3.69. The van der Waals surface area contributed by atoms with Crippen LogP contribution in [0, 0.1) is 6.92 Å². The molecule has 0 spiro atoms. The lowest BCUT2D eigenvalue weighted by Gasteiger charge is -2.12. The number of fused-ring (bicyclic) bond motifs is 1. The van der Waals surface area contributed by atoms with Crippen LogP contribution < -0.4 is 9.47 Å². The second kappa shape index (κ2) is 7.13. The molecule has 2 aromatic carbocycles. The number of aryl methyl sites for hydroxylation is 1. The van der Waals surface area contributed by atoms with Gasteiger partial charge >= 0.3 is 0 Å². The molecule has 1 aromatic heterocycles. The zero-order valence-electron chi connectivity index (χ0n) is 13.8. The fourth-order valence-electron chi connectivity index (χ4n) is 2.52. The molecule has 0 atom stereocenters. The molecular formula is C20H19NO3. The monoisotopic (exact) mass is 321 g/mol. The first-order chi connectivity index (χ1) is 11.6. The van der Waals surface area contributed by atoms with E-state index < -0.39 is 0 Å². The molecule has 4 nitrogen and oxygen atoms in total. The Morgan fingerprint density at radius 1 is 0.917 bits per heavy atom. The highest BCUT2D eigenvalue weighted by Gasteiger charge is 2.08. The van der Waals surface area contributed by atoms with E-state index in [0.717, 1.165) is 22.3 Å². The maximum atomic E-state index is 11.6. The van der Waals surface area contributed by atoms with Gasteiger partial charge in [-0.05, 0) is 38.1 Å². The summed E-state index contributed by atoms with van der Waals surface area (Å²) in [6.45, 7) is 4.22. The average Bonchev–Trinajstić information content (AvgIpc) is 2.59. The molecule has 0 aliphatic rings. The fourth-order valence-corrected chi connectivity index (χ4v) is 2.52. The number of carbonyl (C=O) groups is 1. The quantitative estimate of drug-likeness (QED) is 0.504. The average molecular weight is 321 g/mol. The molecule has 24 heavy (non-hydrogen) atoms. The number of ketones is 1. The number of ether oxygens (including phenoxy) is 2. The molecule has 3 rings (SSSR count). The van der Waals surface area contributed by atoms with Crippen LogP contribution in [-0.4, -0.2) is 24.0 Å². The Morgan fingerprint density at radius 2 is 1.62 bits per heavy atom. The molecular weight excluding hydrogens is 302 g/mol. The summed E-state index contributed by atoms with van der Waals surface area (Å²) < 4.78 is 11.5. The van der Waals surface area contributed by atoms with Crippen molar-refractivity contribution in [1.29, 1.82) is 0 Å². The van der Waals surface area contributed by atoms with Gasteiger partial charge in [-0.15, -0.1) is 0 Å². The zero-order valence-corrected chi connectivity index (χ0v) is 13.8. The summed E-state index contributed by atoms with van der Waals surface area (Å²) in [7, 11) is 0. The molecule has 0 saturated heterocycles. The number of rotatable bonds is 6. The van der Waals surface area contributed by atoms with Gasteiger partial charge in [0.2, 0.25) is 0 Å². The standard InChI is InChI=1S/C20H19NO3/c1-14-10-11-16-6-5-9-19(20(16)21-14)24-13-12-23-18-8-4-3-7-17(18)15(2)22/h3-11H,12-13H2,1-2H3. The van der Waals surface area contributed by atoms with E-state index in [1.807, 2.05) is 49.4 Å². The largest absolute Gasteiger partial charge is 0.489 e. The van der Waals surface area contributed by atoms with Crippen molar-refractivity contribution < 1.29 is 14.3 Å². The van der Waals surface area contributed by atoms with Crippen molar-refractivity contribution in [1.82, 2.24) is 4.98 Å². The van der Waals surface area contributed by atoms with Crippen LogP contribution in [0.25, 0.3) is 10.9 Å². The van der Waals surface area contributed by atoms with Gasteiger partial charge in [-0.3, -0.25) is 4.79 Å². The molecule has 0 amide bonds. The topological polar surface area (TPSA) is 48.4 Å². The maximum absolute atomic E-state index is 11.6. The van der Waals surface area contributed by atoms with E-state index in [1.54, 1.807) is 12.1 Å². The minimum absolute atomic E-state index is 0.0137. The van der Waals surface area contributed by atoms with Crippen molar-refractivity contribution in [2.75, 3.05) is 13.2 Å². The summed E-state index contributed by atoms with van der Waals surface area (Å²) in [5.74, 6) is 1.31. The van der Waals surface area contributed by atoms with Crippen LogP contribution in [0.1, 0.15) is 23.0 Å². The van der Waals surface area contributed by atoms with Crippen molar-refractivity contribution in [3.8, 4) is 11.5 Å². The lowest BCUT2D eigenvalue weighted by molar-refractivity contribution is 0.101. The number of aromatic nitrogens is 1. The zero-order chi connectivity index (χ0) is 16.9. The second-order valence-electron chi connectivity index (χ2n) is 5.53. The summed E-state index contributed by atoms with van der Waals surface area (Å²) in [5, 5.41) is 1.04. The number of pyridine rings is 1. The van der Waals surface area contributed by atoms with Crippen LogP contribution >= 0.6 is 0 Å². The summed E-state index contributed by atoms with van der Waals surface area (Å²) >= 11 is 0. The second-order valence-corrected chi connectivity index (χ2v) is 5.53. The van der Waals surface area contributed by atoms with E-state index in [0.29, 0.717) is 24.5 Å². The first-order valence-electron chi connectivity index (χ1n) is 7.87. The van der Waals surface area contributed by atoms with Gasteiger partial charge in [0.05, 0.1) is 5.56 Å². The van der Waals surface area contributed by atoms with E-state index in [2.05, 4.69) is 4.98 Å². The van der Waals surface area contributed by atoms with Gasteiger partial charge in [-0.25, -0.2) is 4.98 Å². The Labute approximate surface area is 141 Å². The highest BCUT2D eigenvalue weighted by atomic mass is 16.5. The van der Waals surface area contributed by atoms with E-state index >= 15 is 0 Å². The fraction of sp³-hybridized carbons (Fsp3) is 0.200. The van der Waals surface area contributed by atoms with Gasteiger partial charge in [0.15, 0.2) is 5.78 Å². The highest BCUT2D eigenvalue weighted by Crippen LogP contribution is 2.24. The molecule has 1 heterocycles. The van der Waals surface area contributed by atoms with Crippen molar-refractivity contribution in [2.24, 2.45) is 0 Å².